The highest BCUT2D eigenvalue weighted by molar-refractivity contribution is 7.97. The lowest BCUT2D eigenvalue weighted by Crippen LogP contribution is -2.21. The van der Waals surface area contributed by atoms with Gasteiger partial charge in [-0.25, -0.2) is 0 Å². The molecule has 3 heteroatoms. The van der Waals surface area contributed by atoms with Crippen molar-refractivity contribution in [3.63, 3.8) is 0 Å². The molecule has 1 N–H and O–H groups in total. The van der Waals surface area contributed by atoms with E-state index in [9.17, 15) is 4.79 Å². The van der Waals surface area contributed by atoms with Gasteiger partial charge in [-0.15, -0.1) is 0 Å². The fraction of sp³-hybridized carbons (Fsp3) is 0.857. The summed E-state index contributed by atoms with van der Waals surface area (Å²) in [6.07, 6.45) is 1.10. The molecule has 0 aromatic carbocycles. The summed E-state index contributed by atoms with van der Waals surface area (Å²) in [6.45, 7) is 5.87. The van der Waals surface area contributed by atoms with Crippen LogP contribution in [0.4, 0.5) is 0 Å². The normalized spacial score (nSPS) is 10.0. The van der Waals surface area contributed by atoms with Crippen LogP contribution in [0, 0.1) is 5.92 Å². The Hall–Kier alpha value is -0.180. The molecule has 0 saturated heterocycles. The van der Waals surface area contributed by atoms with Crippen molar-refractivity contribution in [2.24, 2.45) is 5.92 Å². The first-order chi connectivity index (χ1) is 4.68. The number of rotatable bonds is 4. The molecule has 1 amide bonds. The maximum Gasteiger partial charge on any atom is 0.232 e. The van der Waals surface area contributed by atoms with Crippen LogP contribution in [0.3, 0.4) is 0 Å². The van der Waals surface area contributed by atoms with E-state index in [2.05, 4.69) is 11.6 Å². The van der Waals surface area contributed by atoms with Crippen LogP contribution in [0.2, 0.25) is 0 Å². The van der Waals surface area contributed by atoms with Crippen molar-refractivity contribution in [3.05, 3.63) is 0 Å². The Labute approximate surface area is 66.9 Å². The van der Waals surface area contributed by atoms with Gasteiger partial charge in [-0.1, -0.05) is 32.7 Å². The van der Waals surface area contributed by atoms with Crippen LogP contribution in [-0.4, -0.2) is 11.7 Å². The maximum atomic E-state index is 10.9. The molecule has 0 spiro atoms. The first-order valence-corrected chi connectivity index (χ1v) is 4.58. The molecular weight excluding hydrogens is 146 g/mol. The van der Waals surface area contributed by atoms with Gasteiger partial charge in [0.05, 0.1) is 0 Å². The number of hydrogen-bond acceptors (Lipinski definition) is 2. The maximum absolute atomic E-state index is 10.9. The number of carbonyl (C=O) groups excluding carboxylic acids is 1. The van der Waals surface area contributed by atoms with E-state index in [1.165, 1.54) is 11.9 Å². The number of carbonyl (C=O) groups is 1. The molecule has 0 bridgehead atoms. The average Bonchev–Trinajstić information content (AvgIpc) is 1.88. The zero-order valence-electron chi connectivity index (χ0n) is 6.81. The lowest BCUT2D eigenvalue weighted by atomic mass is 10.2. The number of nitrogens with one attached hydrogen (secondary N) is 1. The van der Waals surface area contributed by atoms with Crippen molar-refractivity contribution in [1.29, 1.82) is 0 Å². The van der Waals surface area contributed by atoms with Crippen molar-refractivity contribution in [2.45, 2.75) is 27.2 Å². The molecule has 0 saturated carbocycles. The van der Waals surface area contributed by atoms with Crippen molar-refractivity contribution in [3.8, 4) is 0 Å². The minimum Gasteiger partial charge on any atom is -0.300 e. The van der Waals surface area contributed by atoms with Gasteiger partial charge in [0.1, 0.15) is 0 Å². The van der Waals surface area contributed by atoms with E-state index in [1.807, 2.05) is 13.8 Å². The predicted molar refractivity (Wildman–Crippen MR) is 45.7 cm³/mol. The first kappa shape index (κ1) is 9.82. The fourth-order valence-electron chi connectivity index (χ4n) is 0.342. The molecule has 0 atom stereocenters. The van der Waals surface area contributed by atoms with Gasteiger partial charge in [-0.05, 0) is 6.42 Å². The first-order valence-electron chi connectivity index (χ1n) is 3.60. The molecule has 0 aromatic heterocycles. The minimum absolute atomic E-state index is 0.101. The summed E-state index contributed by atoms with van der Waals surface area (Å²) in [5.74, 6) is 1.22. The molecule has 2 nitrogen and oxygen atoms in total. The molecule has 0 aliphatic carbocycles. The standard InChI is InChI=1S/C7H15NOS/c1-4-5-10-8-7(9)6(2)3/h6H,4-5H2,1-3H3,(H,8,9). The lowest BCUT2D eigenvalue weighted by Gasteiger charge is -2.04. The molecule has 0 fully saturated rings. The minimum atomic E-state index is 0.101. The fourth-order valence-corrected chi connectivity index (χ4v) is 1.03. The predicted octanol–water partition coefficient (Wildman–Crippen LogP) is 1.82. The van der Waals surface area contributed by atoms with Crippen molar-refractivity contribution in [1.82, 2.24) is 4.72 Å². The smallest absolute Gasteiger partial charge is 0.232 e. The van der Waals surface area contributed by atoms with E-state index in [0.29, 0.717) is 0 Å². The summed E-state index contributed by atoms with van der Waals surface area (Å²) in [4.78, 5) is 10.9. The third-order valence-corrected chi connectivity index (χ3v) is 1.96. The summed E-state index contributed by atoms with van der Waals surface area (Å²) >= 11 is 1.49. The van der Waals surface area contributed by atoms with Crippen LogP contribution in [0.25, 0.3) is 0 Å². The van der Waals surface area contributed by atoms with Gasteiger partial charge in [-0.3, -0.25) is 9.52 Å². The summed E-state index contributed by atoms with van der Waals surface area (Å²) in [6, 6.07) is 0. The second kappa shape index (κ2) is 5.59. The van der Waals surface area contributed by atoms with Crippen LogP contribution < -0.4 is 4.72 Å². The number of amides is 1. The van der Waals surface area contributed by atoms with E-state index in [1.54, 1.807) is 0 Å². The van der Waals surface area contributed by atoms with E-state index in [4.69, 9.17) is 0 Å². The van der Waals surface area contributed by atoms with Crippen LogP contribution in [0.5, 0.6) is 0 Å². The Morgan fingerprint density at radius 2 is 2.20 bits per heavy atom. The monoisotopic (exact) mass is 161 g/mol. The molecule has 0 aromatic rings. The summed E-state index contributed by atoms with van der Waals surface area (Å²) < 4.78 is 2.76. The van der Waals surface area contributed by atoms with E-state index in [0.717, 1.165) is 12.2 Å². The van der Waals surface area contributed by atoms with Crippen LogP contribution in [0.1, 0.15) is 27.2 Å². The molecule has 10 heavy (non-hydrogen) atoms. The van der Waals surface area contributed by atoms with Gasteiger partial charge in [0.15, 0.2) is 0 Å². The van der Waals surface area contributed by atoms with E-state index >= 15 is 0 Å². The third kappa shape index (κ3) is 4.68. The van der Waals surface area contributed by atoms with Gasteiger partial charge in [0.25, 0.3) is 0 Å². The lowest BCUT2D eigenvalue weighted by molar-refractivity contribution is -0.122. The second-order valence-corrected chi connectivity index (χ2v) is 3.37. The molecule has 0 rings (SSSR count). The van der Waals surface area contributed by atoms with Gasteiger partial charge in [0, 0.05) is 11.7 Å². The SMILES string of the molecule is CCCSNC(=O)C(C)C. The summed E-state index contributed by atoms with van der Waals surface area (Å²) in [7, 11) is 0. The highest BCUT2D eigenvalue weighted by Gasteiger charge is 2.04. The van der Waals surface area contributed by atoms with Gasteiger partial charge in [0.2, 0.25) is 5.91 Å². The molecule has 60 valence electrons. The highest BCUT2D eigenvalue weighted by atomic mass is 32.2. The third-order valence-electron chi connectivity index (χ3n) is 1.00. The van der Waals surface area contributed by atoms with Crippen LogP contribution >= 0.6 is 11.9 Å². The highest BCUT2D eigenvalue weighted by Crippen LogP contribution is 1.99. The zero-order chi connectivity index (χ0) is 7.98. The largest absolute Gasteiger partial charge is 0.300 e. The van der Waals surface area contributed by atoms with Crippen molar-refractivity contribution < 1.29 is 4.79 Å². The molecule has 0 aliphatic rings. The molecular formula is C7H15NOS. The Morgan fingerprint density at radius 3 is 2.60 bits per heavy atom. The Morgan fingerprint density at radius 1 is 1.60 bits per heavy atom. The Bertz CT molecular complexity index is 104. The summed E-state index contributed by atoms with van der Waals surface area (Å²) in [5, 5.41) is 0. The van der Waals surface area contributed by atoms with Gasteiger partial charge < -0.3 is 0 Å². The van der Waals surface area contributed by atoms with Crippen LogP contribution in [-0.2, 0) is 4.79 Å². The van der Waals surface area contributed by atoms with Crippen LogP contribution in [0.15, 0.2) is 0 Å². The molecule has 0 unspecified atom stereocenters. The van der Waals surface area contributed by atoms with Crippen molar-refractivity contribution in [2.75, 3.05) is 5.75 Å². The topological polar surface area (TPSA) is 29.1 Å². The number of hydrogen-bond donors (Lipinski definition) is 1. The van der Waals surface area contributed by atoms with Gasteiger partial charge in [-0.2, -0.15) is 0 Å². The molecule has 0 heterocycles. The summed E-state index contributed by atoms with van der Waals surface area (Å²) in [5.41, 5.74) is 0. The van der Waals surface area contributed by atoms with E-state index < -0.39 is 0 Å². The van der Waals surface area contributed by atoms with Gasteiger partial charge >= 0.3 is 0 Å². The Balaban J connectivity index is 3.22. The van der Waals surface area contributed by atoms with Crippen molar-refractivity contribution >= 4 is 17.9 Å². The Kier molecular flexibility index (Phi) is 5.49. The average molecular weight is 161 g/mol. The molecule has 0 aliphatic heterocycles. The molecule has 0 radical (unpaired) electrons. The zero-order valence-corrected chi connectivity index (χ0v) is 7.62. The quantitative estimate of drug-likeness (QED) is 0.503. The van der Waals surface area contributed by atoms with E-state index in [-0.39, 0.29) is 11.8 Å². The second-order valence-electron chi connectivity index (χ2n) is 2.47.